The first-order valence-electron chi connectivity index (χ1n) is 2.63. The van der Waals surface area contributed by atoms with Crippen molar-refractivity contribution in [3.05, 3.63) is 16.8 Å². The van der Waals surface area contributed by atoms with Crippen LogP contribution in [0.4, 0.5) is 0 Å². The van der Waals surface area contributed by atoms with E-state index in [1.807, 2.05) is 16.8 Å². The number of rotatable bonds is 1. The summed E-state index contributed by atoms with van der Waals surface area (Å²) in [5.74, 6) is 0.949. The SMILES string of the molecule is COc1ccsc1.[O-][Cl+3]([O-])([O-])O. The third kappa shape index (κ3) is 9.63. The Morgan fingerprint density at radius 1 is 1.50 bits per heavy atom. The molecule has 0 bridgehead atoms. The van der Waals surface area contributed by atoms with Crippen LogP contribution in [0.5, 0.6) is 5.75 Å². The van der Waals surface area contributed by atoms with Gasteiger partial charge in [0.1, 0.15) is 5.75 Å². The van der Waals surface area contributed by atoms with E-state index in [2.05, 4.69) is 0 Å². The van der Waals surface area contributed by atoms with Crippen molar-refractivity contribution in [3.8, 4) is 5.75 Å². The highest BCUT2D eigenvalue weighted by atomic mass is 35.7. The summed E-state index contributed by atoms with van der Waals surface area (Å²) in [4.78, 5) is 0. The molecule has 0 atom stereocenters. The standard InChI is InChI=1S/C5H6OS.ClHO4/c1-6-5-2-3-7-4-5;2-1(3,4)5/h2-4H,1H3;(H,2,3,4,5). The van der Waals surface area contributed by atoms with E-state index in [1.165, 1.54) is 0 Å². The molecule has 0 aliphatic heterocycles. The van der Waals surface area contributed by atoms with Crippen LogP contribution in [-0.2, 0) is 0 Å². The van der Waals surface area contributed by atoms with Gasteiger partial charge in [0.25, 0.3) is 0 Å². The minimum atomic E-state index is -4.69. The molecule has 0 aliphatic carbocycles. The van der Waals surface area contributed by atoms with Gasteiger partial charge in [-0.2, -0.15) is 14.0 Å². The molecule has 0 aliphatic rings. The Kier molecular flexibility index (Phi) is 5.14. The number of thiophene rings is 1. The van der Waals surface area contributed by atoms with Gasteiger partial charge < -0.3 is 4.74 Å². The van der Waals surface area contributed by atoms with Crippen LogP contribution in [0.15, 0.2) is 16.8 Å². The zero-order chi connectivity index (χ0) is 9.61. The van der Waals surface area contributed by atoms with Crippen LogP contribution in [0.2, 0.25) is 0 Å². The number of ether oxygens (including phenoxy) is 1. The van der Waals surface area contributed by atoms with Gasteiger partial charge in [-0.25, -0.2) is 0 Å². The molecule has 1 N–H and O–H groups in total. The van der Waals surface area contributed by atoms with Crippen LogP contribution in [0.3, 0.4) is 0 Å². The van der Waals surface area contributed by atoms with Gasteiger partial charge in [0.2, 0.25) is 0 Å². The van der Waals surface area contributed by atoms with E-state index in [4.69, 9.17) is 23.4 Å². The molecule has 7 heteroatoms. The minimum Gasteiger partial charge on any atom is -0.496 e. The molecule has 1 aromatic rings. The number of hydrogen-bond donors (Lipinski definition) is 1. The largest absolute Gasteiger partial charge is 0.496 e. The molecule has 1 rings (SSSR count). The van der Waals surface area contributed by atoms with Crippen LogP contribution in [0.1, 0.15) is 0 Å². The van der Waals surface area contributed by atoms with Gasteiger partial charge in [-0.1, -0.05) is 0 Å². The topological polar surface area (TPSA) is 98.6 Å². The second-order valence-corrected chi connectivity index (χ2v) is 3.13. The van der Waals surface area contributed by atoms with E-state index in [-0.39, 0.29) is 0 Å². The van der Waals surface area contributed by atoms with Crippen LogP contribution in [0.25, 0.3) is 0 Å². The van der Waals surface area contributed by atoms with Crippen LogP contribution >= 0.6 is 11.3 Å². The van der Waals surface area contributed by atoms with Crippen LogP contribution in [0, 0.1) is 10.2 Å². The number of halogens is 1. The predicted molar refractivity (Wildman–Crippen MR) is 33.1 cm³/mol. The van der Waals surface area contributed by atoms with E-state index in [0.717, 1.165) is 5.75 Å². The Morgan fingerprint density at radius 2 is 2.00 bits per heavy atom. The second kappa shape index (κ2) is 5.31. The highest BCUT2D eigenvalue weighted by Crippen LogP contribution is 2.12. The Morgan fingerprint density at radius 3 is 2.17 bits per heavy atom. The monoisotopic (exact) mass is 214 g/mol. The molecular weight excluding hydrogens is 208 g/mol. The summed E-state index contributed by atoms with van der Waals surface area (Å²) >= 11 is 1.64. The molecule has 0 unspecified atom stereocenters. The van der Waals surface area contributed by atoms with E-state index >= 15 is 0 Å². The molecule has 0 saturated carbocycles. The first-order chi connectivity index (χ1) is 5.43. The normalized spacial score (nSPS) is 10.1. The molecule has 12 heavy (non-hydrogen) atoms. The average Bonchev–Trinajstić information content (AvgIpc) is 2.33. The summed E-state index contributed by atoms with van der Waals surface area (Å²) in [6.45, 7) is 0. The van der Waals surface area contributed by atoms with Crippen molar-refractivity contribution in [2.75, 3.05) is 7.11 Å². The fourth-order valence-electron chi connectivity index (χ4n) is 0.368. The molecule has 0 radical (unpaired) electrons. The van der Waals surface area contributed by atoms with Crippen LogP contribution in [-0.4, -0.2) is 11.8 Å². The lowest BCUT2D eigenvalue weighted by atomic mass is 10.6. The fraction of sp³-hybridized carbons (Fsp3) is 0.200. The minimum absolute atomic E-state index is 0.949. The zero-order valence-corrected chi connectivity index (χ0v) is 7.67. The maximum Gasteiger partial charge on any atom is 0.129 e. The Balaban J connectivity index is 0.000000217. The molecule has 0 amide bonds. The third-order valence-electron chi connectivity index (χ3n) is 0.731. The summed E-state index contributed by atoms with van der Waals surface area (Å²) in [6, 6.07) is 1.94. The Labute approximate surface area is 75.2 Å². The predicted octanol–water partition coefficient (Wildman–Crippen LogP) is -2.37. The third-order valence-corrected chi connectivity index (χ3v) is 1.39. The van der Waals surface area contributed by atoms with Crippen LogP contribution < -0.4 is 18.7 Å². The lowest BCUT2D eigenvalue weighted by Crippen LogP contribution is -2.58. The first kappa shape index (κ1) is 11.6. The van der Waals surface area contributed by atoms with Crippen molar-refractivity contribution in [3.63, 3.8) is 0 Å². The van der Waals surface area contributed by atoms with Crippen molar-refractivity contribution < 1.29 is 33.6 Å². The maximum atomic E-state index is 8.60. The van der Waals surface area contributed by atoms with Crippen molar-refractivity contribution in [2.24, 2.45) is 0 Å². The molecule has 0 saturated heterocycles. The molecule has 0 spiro atoms. The average molecular weight is 215 g/mol. The van der Waals surface area contributed by atoms with Crippen molar-refractivity contribution in [1.82, 2.24) is 0 Å². The van der Waals surface area contributed by atoms with Crippen molar-refractivity contribution in [1.29, 1.82) is 0 Å². The summed E-state index contributed by atoms with van der Waals surface area (Å²) in [7, 11) is -3.03. The van der Waals surface area contributed by atoms with Gasteiger partial charge in [0.05, 0.1) is 22.0 Å². The van der Waals surface area contributed by atoms with Crippen molar-refractivity contribution >= 4 is 11.3 Å². The number of hydrogen-bond acceptors (Lipinski definition) is 6. The lowest BCUT2D eigenvalue weighted by Gasteiger charge is -2.03. The smallest absolute Gasteiger partial charge is 0.129 e. The van der Waals surface area contributed by atoms with Gasteiger partial charge >= 0.3 is 0 Å². The molecule has 1 heterocycles. The first-order valence-corrected chi connectivity index (χ1v) is 4.83. The van der Waals surface area contributed by atoms with E-state index in [0.29, 0.717) is 0 Å². The summed E-state index contributed by atoms with van der Waals surface area (Å²) in [5, 5.41) is 3.94. The molecule has 0 fully saturated rings. The van der Waals surface area contributed by atoms with Crippen molar-refractivity contribution in [2.45, 2.75) is 0 Å². The summed E-state index contributed by atoms with van der Waals surface area (Å²) < 4.78 is 37.6. The Bertz CT molecular complexity index is 188. The summed E-state index contributed by atoms with van der Waals surface area (Å²) in [5.41, 5.74) is 0. The van der Waals surface area contributed by atoms with Gasteiger partial charge in [0.15, 0.2) is 0 Å². The van der Waals surface area contributed by atoms with E-state index in [1.54, 1.807) is 18.4 Å². The Hall–Kier alpha value is -0.370. The van der Waals surface area contributed by atoms with Gasteiger partial charge in [-0.05, 0) is 11.4 Å². The zero-order valence-electron chi connectivity index (χ0n) is 6.10. The molecular formula is C5H7ClO5S. The molecule has 1 aromatic heterocycles. The number of methoxy groups -OCH3 is 1. The quantitative estimate of drug-likeness (QED) is 0.564. The molecule has 70 valence electrons. The fourth-order valence-corrected chi connectivity index (χ4v) is 0.968. The maximum absolute atomic E-state index is 8.60. The summed E-state index contributed by atoms with van der Waals surface area (Å²) in [6.07, 6.45) is 0. The van der Waals surface area contributed by atoms with Gasteiger partial charge in [0, 0.05) is 5.38 Å². The highest BCUT2D eigenvalue weighted by molar-refractivity contribution is 7.08. The van der Waals surface area contributed by atoms with E-state index in [9.17, 15) is 0 Å². The molecule has 5 nitrogen and oxygen atoms in total. The molecule has 0 aromatic carbocycles. The van der Waals surface area contributed by atoms with Gasteiger partial charge in [-0.3, -0.25) is 0 Å². The van der Waals surface area contributed by atoms with Gasteiger partial charge in [-0.15, -0.1) is 11.3 Å². The second-order valence-electron chi connectivity index (χ2n) is 1.56. The lowest BCUT2D eigenvalue weighted by molar-refractivity contribution is -1.92. The van der Waals surface area contributed by atoms with E-state index < -0.39 is 10.2 Å². The highest BCUT2D eigenvalue weighted by Gasteiger charge is 1.98.